The average Bonchev–Trinajstić information content (AvgIpc) is 2.90. The maximum absolute atomic E-state index is 11.9. The Bertz CT molecular complexity index is 274. The molecule has 0 spiro atoms. The quantitative estimate of drug-likeness (QED) is 0.780. The Balaban J connectivity index is 1.70. The van der Waals surface area contributed by atoms with E-state index in [1.807, 2.05) is 0 Å². The Hall–Kier alpha value is -0.610. The Labute approximate surface area is 110 Å². The summed E-state index contributed by atoms with van der Waals surface area (Å²) in [6.45, 7) is 9.57. The number of carbonyl (C=O) groups is 1. The van der Waals surface area contributed by atoms with E-state index in [0.717, 1.165) is 32.6 Å². The molecule has 4 heteroatoms. The maximum atomic E-state index is 11.9. The molecule has 2 heterocycles. The summed E-state index contributed by atoms with van der Waals surface area (Å²) < 4.78 is 0. The Kier molecular flexibility index (Phi) is 5.01. The van der Waals surface area contributed by atoms with Crippen LogP contribution in [0.1, 0.15) is 33.1 Å². The van der Waals surface area contributed by atoms with E-state index in [1.54, 1.807) is 0 Å². The van der Waals surface area contributed by atoms with Crippen molar-refractivity contribution in [2.75, 3.05) is 32.7 Å². The van der Waals surface area contributed by atoms with E-state index >= 15 is 0 Å². The number of hydrogen-bond donors (Lipinski definition) is 2. The van der Waals surface area contributed by atoms with Crippen molar-refractivity contribution in [2.24, 2.45) is 11.8 Å². The number of piperidine rings is 1. The lowest BCUT2D eigenvalue weighted by Gasteiger charge is -2.35. The zero-order valence-corrected chi connectivity index (χ0v) is 11.7. The summed E-state index contributed by atoms with van der Waals surface area (Å²) in [5.41, 5.74) is 0. The van der Waals surface area contributed by atoms with Crippen LogP contribution in [0.15, 0.2) is 0 Å². The number of nitrogens with zero attached hydrogens (tertiary/aromatic N) is 1. The molecule has 0 saturated carbocycles. The van der Waals surface area contributed by atoms with Crippen molar-refractivity contribution in [1.82, 2.24) is 15.5 Å². The minimum atomic E-state index is 0.204. The average molecular weight is 253 g/mol. The molecule has 2 saturated heterocycles. The molecule has 0 aromatic rings. The van der Waals surface area contributed by atoms with E-state index < -0.39 is 0 Å². The third kappa shape index (κ3) is 3.69. The van der Waals surface area contributed by atoms with Gasteiger partial charge in [0.25, 0.3) is 0 Å². The molecule has 2 unspecified atom stereocenters. The van der Waals surface area contributed by atoms with Gasteiger partial charge in [-0.15, -0.1) is 0 Å². The topological polar surface area (TPSA) is 44.4 Å². The van der Waals surface area contributed by atoms with Crippen LogP contribution in [0.5, 0.6) is 0 Å². The van der Waals surface area contributed by atoms with Crippen molar-refractivity contribution < 1.29 is 4.79 Å². The fourth-order valence-corrected chi connectivity index (χ4v) is 3.00. The number of rotatable bonds is 4. The molecule has 1 amide bonds. The van der Waals surface area contributed by atoms with Crippen LogP contribution < -0.4 is 10.6 Å². The van der Waals surface area contributed by atoms with Gasteiger partial charge in [-0.3, -0.25) is 4.79 Å². The van der Waals surface area contributed by atoms with Crippen LogP contribution in [0.25, 0.3) is 0 Å². The van der Waals surface area contributed by atoms with E-state index in [9.17, 15) is 4.79 Å². The molecular weight excluding hydrogens is 226 g/mol. The smallest absolute Gasteiger partial charge is 0.224 e. The predicted octanol–water partition coefficient (Wildman–Crippen LogP) is 0.833. The lowest BCUT2D eigenvalue weighted by Crippen LogP contribution is -2.44. The summed E-state index contributed by atoms with van der Waals surface area (Å²) in [6.07, 6.45) is 3.52. The van der Waals surface area contributed by atoms with Gasteiger partial charge < -0.3 is 15.5 Å². The van der Waals surface area contributed by atoms with Crippen molar-refractivity contribution in [1.29, 1.82) is 0 Å². The van der Waals surface area contributed by atoms with Gasteiger partial charge in [-0.05, 0) is 52.1 Å². The molecule has 4 nitrogen and oxygen atoms in total. The molecule has 2 aliphatic heterocycles. The van der Waals surface area contributed by atoms with Crippen molar-refractivity contribution in [3.05, 3.63) is 0 Å². The van der Waals surface area contributed by atoms with Gasteiger partial charge in [0.05, 0.1) is 5.92 Å². The third-order valence-corrected chi connectivity index (χ3v) is 4.28. The van der Waals surface area contributed by atoms with E-state index in [0.29, 0.717) is 12.0 Å². The Morgan fingerprint density at radius 2 is 2.28 bits per heavy atom. The molecule has 104 valence electrons. The minimum absolute atomic E-state index is 0.204. The van der Waals surface area contributed by atoms with Gasteiger partial charge >= 0.3 is 0 Å². The third-order valence-electron chi connectivity index (χ3n) is 4.28. The van der Waals surface area contributed by atoms with Crippen LogP contribution in [0.2, 0.25) is 0 Å². The van der Waals surface area contributed by atoms with Crippen molar-refractivity contribution in [3.8, 4) is 0 Å². The molecule has 2 atom stereocenters. The van der Waals surface area contributed by atoms with Gasteiger partial charge in [-0.2, -0.15) is 0 Å². The van der Waals surface area contributed by atoms with Crippen molar-refractivity contribution in [2.45, 2.75) is 39.2 Å². The fourth-order valence-electron chi connectivity index (χ4n) is 3.00. The van der Waals surface area contributed by atoms with Crippen molar-refractivity contribution in [3.63, 3.8) is 0 Å². The highest BCUT2D eigenvalue weighted by atomic mass is 16.1. The van der Waals surface area contributed by atoms with Crippen LogP contribution in [0.4, 0.5) is 0 Å². The van der Waals surface area contributed by atoms with Gasteiger partial charge in [0, 0.05) is 25.7 Å². The van der Waals surface area contributed by atoms with E-state index in [4.69, 9.17) is 0 Å². The summed E-state index contributed by atoms with van der Waals surface area (Å²) >= 11 is 0. The van der Waals surface area contributed by atoms with Gasteiger partial charge in [-0.25, -0.2) is 0 Å². The monoisotopic (exact) mass is 253 g/mol. The molecule has 2 fully saturated rings. The molecule has 2 aliphatic rings. The largest absolute Gasteiger partial charge is 0.355 e. The number of hydrogen-bond acceptors (Lipinski definition) is 3. The van der Waals surface area contributed by atoms with Crippen LogP contribution in [-0.4, -0.2) is 49.6 Å². The fraction of sp³-hybridized carbons (Fsp3) is 0.929. The molecule has 2 rings (SSSR count). The van der Waals surface area contributed by atoms with E-state index in [2.05, 4.69) is 29.4 Å². The summed E-state index contributed by atoms with van der Waals surface area (Å²) in [5, 5.41) is 6.39. The normalized spacial score (nSPS) is 29.7. The molecule has 2 N–H and O–H groups in total. The standard InChI is InChI=1S/C14H27N3O/c1-11(2)17-7-3-4-12(10-17)8-16-14(18)13-5-6-15-9-13/h11-13,15H,3-10H2,1-2H3,(H,16,18). The molecule has 0 aliphatic carbocycles. The van der Waals surface area contributed by atoms with Crippen molar-refractivity contribution >= 4 is 5.91 Å². The second kappa shape index (κ2) is 6.53. The lowest BCUT2D eigenvalue weighted by atomic mass is 9.96. The number of carbonyl (C=O) groups excluding carboxylic acids is 1. The van der Waals surface area contributed by atoms with Crippen LogP contribution in [0, 0.1) is 11.8 Å². The maximum Gasteiger partial charge on any atom is 0.224 e. The molecule has 0 aromatic carbocycles. The molecule has 18 heavy (non-hydrogen) atoms. The first kappa shape index (κ1) is 13.8. The zero-order chi connectivity index (χ0) is 13.0. The number of amides is 1. The predicted molar refractivity (Wildman–Crippen MR) is 73.4 cm³/mol. The highest BCUT2D eigenvalue weighted by molar-refractivity contribution is 5.79. The second-order valence-corrected chi connectivity index (χ2v) is 6.03. The summed E-state index contributed by atoms with van der Waals surface area (Å²) in [7, 11) is 0. The molecule has 0 bridgehead atoms. The van der Waals surface area contributed by atoms with Gasteiger partial charge in [-0.1, -0.05) is 0 Å². The molecule has 0 aromatic heterocycles. The Morgan fingerprint density at radius 1 is 1.44 bits per heavy atom. The first-order chi connectivity index (χ1) is 8.66. The van der Waals surface area contributed by atoms with Gasteiger partial charge in [0.15, 0.2) is 0 Å². The van der Waals surface area contributed by atoms with Gasteiger partial charge in [0.2, 0.25) is 5.91 Å². The second-order valence-electron chi connectivity index (χ2n) is 6.03. The zero-order valence-electron chi connectivity index (χ0n) is 11.7. The van der Waals surface area contributed by atoms with Crippen LogP contribution in [0.3, 0.4) is 0 Å². The van der Waals surface area contributed by atoms with E-state index in [-0.39, 0.29) is 11.8 Å². The number of likely N-dealkylation sites (tertiary alicyclic amines) is 1. The first-order valence-corrected chi connectivity index (χ1v) is 7.39. The van der Waals surface area contributed by atoms with Crippen LogP contribution in [-0.2, 0) is 4.79 Å². The highest BCUT2D eigenvalue weighted by Crippen LogP contribution is 2.18. The van der Waals surface area contributed by atoms with E-state index in [1.165, 1.54) is 19.4 Å². The Morgan fingerprint density at radius 3 is 2.94 bits per heavy atom. The lowest BCUT2D eigenvalue weighted by molar-refractivity contribution is -0.124. The molecular formula is C14H27N3O. The van der Waals surface area contributed by atoms with Gasteiger partial charge in [0.1, 0.15) is 0 Å². The minimum Gasteiger partial charge on any atom is -0.355 e. The van der Waals surface area contributed by atoms with Crippen LogP contribution >= 0.6 is 0 Å². The summed E-state index contributed by atoms with van der Waals surface area (Å²) in [6, 6.07) is 0.627. The number of nitrogens with one attached hydrogen (secondary N) is 2. The summed E-state index contributed by atoms with van der Waals surface area (Å²) in [4.78, 5) is 14.5. The summed E-state index contributed by atoms with van der Waals surface area (Å²) in [5.74, 6) is 1.09. The molecule has 0 radical (unpaired) electrons. The SMILES string of the molecule is CC(C)N1CCCC(CNC(=O)C2CCNC2)C1. The highest BCUT2D eigenvalue weighted by Gasteiger charge is 2.25. The first-order valence-electron chi connectivity index (χ1n) is 7.39.